The Morgan fingerprint density at radius 1 is 1.33 bits per heavy atom. The first kappa shape index (κ1) is 17.3. The molecule has 8 nitrogen and oxygen atoms in total. The monoisotopic (exact) mass is 329 g/mol. The molecular weight excluding hydrogens is 310 g/mol. The van der Waals surface area contributed by atoms with Gasteiger partial charge >= 0.3 is 0 Å². The summed E-state index contributed by atoms with van der Waals surface area (Å²) in [6, 6.07) is 5.65. The van der Waals surface area contributed by atoms with Crippen LogP contribution in [0.2, 0.25) is 0 Å². The number of nitro benzene ring substituents is 1. The lowest BCUT2D eigenvalue weighted by Crippen LogP contribution is -2.31. The van der Waals surface area contributed by atoms with Crippen LogP contribution in [0.25, 0.3) is 6.08 Å². The smallest absolute Gasteiger partial charge is 0.269 e. The number of amides is 1. The van der Waals surface area contributed by atoms with Gasteiger partial charge in [0.15, 0.2) is 5.82 Å². The van der Waals surface area contributed by atoms with E-state index in [1.165, 1.54) is 18.2 Å². The molecule has 0 bridgehead atoms. The zero-order chi connectivity index (χ0) is 17.7. The molecule has 0 saturated carbocycles. The van der Waals surface area contributed by atoms with Crippen LogP contribution in [0.1, 0.15) is 37.1 Å². The van der Waals surface area contributed by atoms with Crippen LogP contribution in [-0.4, -0.2) is 26.0 Å². The van der Waals surface area contributed by atoms with Gasteiger partial charge in [0.2, 0.25) is 5.91 Å². The second-order valence-corrected chi connectivity index (χ2v) is 5.69. The van der Waals surface area contributed by atoms with Crippen molar-refractivity contribution in [3.63, 3.8) is 0 Å². The molecule has 0 spiro atoms. The van der Waals surface area contributed by atoms with Crippen LogP contribution in [0, 0.1) is 23.0 Å². The van der Waals surface area contributed by atoms with Gasteiger partial charge in [-0.05, 0) is 36.6 Å². The Balaban J connectivity index is 2.03. The van der Waals surface area contributed by atoms with Gasteiger partial charge in [-0.1, -0.05) is 13.8 Å². The van der Waals surface area contributed by atoms with E-state index in [4.69, 9.17) is 0 Å². The van der Waals surface area contributed by atoms with Crippen LogP contribution < -0.4 is 5.32 Å². The molecular formula is C16H19N5O3. The third-order valence-corrected chi connectivity index (χ3v) is 3.39. The highest BCUT2D eigenvalue weighted by molar-refractivity contribution is 5.92. The first-order valence-electron chi connectivity index (χ1n) is 7.48. The lowest BCUT2D eigenvalue weighted by Gasteiger charge is -2.18. The lowest BCUT2D eigenvalue weighted by atomic mass is 10.0. The van der Waals surface area contributed by atoms with Gasteiger partial charge in [-0.2, -0.15) is 5.10 Å². The summed E-state index contributed by atoms with van der Waals surface area (Å²) in [6.07, 6.45) is 2.98. The van der Waals surface area contributed by atoms with E-state index in [-0.39, 0.29) is 23.6 Å². The summed E-state index contributed by atoms with van der Waals surface area (Å²) in [6.45, 7) is 5.73. The summed E-state index contributed by atoms with van der Waals surface area (Å²) in [7, 11) is 0. The number of aromatic amines is 1. The maximum atomic E-state index is 12.1. The van der Waals surface area contributed by atoms with Crippen molar-refractivity contribution in [1.29, 1.82) is 0 Å². The summed E-state index contributed by atoms with van der Waals surface area (Å²) >= 11 is 0. The minimum Gasteiger partial charge on any atom is -0.342 e. The number of nitrogens with one attached hydrogen (secondary N) is 2. The predicted octanol–water partition coefficient (Wildman–Crippen LogP) is 2.55. The van der Waals surface area contributed by atoms with E-state index in [0.29, 0.717) is 17.2 Å². The molecule has 2 N–H and O–H groups in total. The van der Waals surface area contributed by atoms with E-state index >= 15 is 0 Å². The number of carbonyl (C=O) groups excluding carboxylic acids is 1. The van der Waals surface area contributed by atoms with E-state index in [1.54, 1.807) is 25.1 Å². The van der Waals surface area contributed by atoms with E-state index in [0.717, 1.165) is 0 Å². The van der Waals surface area contributed by atoms with Crippen LogP contribution >= 0.6 is 0 Å². The van der Waals surface area contributed by atoms with Crippen LogP contribution in [0.4, 0.5) is 5.69 Å². The van der Waals surface area contributed by atoms with Crippen LogP contribution in [0.3, 0.4) is 0 Å². The highest BCUT2D eigenvalue weighted by atomic mass is 16.6. The van der Waals surface area contributed by atoms with Gasteiger partial charge in [-0.3, -0.25) is 20.0 Å². The summed E-state index contributed by atoms with van der Waals surface area (Å²) in [5.74, 6) is 1.07. The molecule has 1 heterocycles. The molecule has 0 aliphatic carbocycles. The van der Waals surface area contributed by atoms with E-state index in [9.17, 15) is 14.9 Å². The van der Waals surface area contributed by atoms with Gasteiger partial charge in [0, 0.05) is 18.2 Å². The number of non-ortho nitro benzene ring substituents is 1. The molecule has 2 aromatic rings. The van der Waals surface area contributed by atoms with Gasteiger partial charge in [-0.15, -0.1) is 0 Å². The molecule has 0 unspecified atom stereocenters. The molecule has 0 aliphatic heterocycles. The Morgan fingerprint density at radius 3 is 2.50 bits per heavy atom. The van der Waals surface area contributed by atoms with Crippen molar-refractivity contribution in [2.75, 3.05) is 0 Å². The Bertz CT molecular complexity index is 749. The van der Waals surface area contributed by atoms with Crippen molar-refractivity contribution in [3.05, 3.63) is 57.7 Å². The Kier molecular flexibility index (Phi) is 5.41. The third-order valence-electron chi connectivity index (χ3n) is 3.39. The molecule has 0 fully saturated rings. The average molecular weight is 329 g/mol. The highest BCUT2D eigenvalue weighted by Gasteiger charge is 2.21. The zero-order valence-corrected chi connectivity index (χ0v) is 13.7. The summed E-state index contributed by atoms with van der Waals surface area (Å²) < 4.78 is 0. The second kappa shape index (κ2) is 7.49. The van der Waals surface area contributed by atoms with Gasteiger partial charge in [-0.25, -0.2) is 4.98 Å². The molecule has 8 heteroatoms. The molecule has 0 radical (unpaired) electrons. The Labute approximate surface area is 139 Å². The summed E-state index contributed by atoms with van der Waals surface area (Å²) in [4.78, 5) is 26.5. The van der Waals surface area contributed by atoms with Gasteiger partial charge in [0.25, 0.3) is 5.69 Å². The van der Waals surface area contributed by atoms with E-state index < -0.39 is 4.92 Å². The number of hydrogen-bond acceptors (Lipinski definition) is 5. The summed E-state index contributed by atoms with van der Waals surface area (Å²) in [5, 5.41) is 20.3. The fourth-order valence-electron chi connectivity index (χ4n) is 2.11. The van der Waals surface area contributed by atoms with Gasteiger partial charge in [0.1, 0.15) is 5.82 Å². The van der Waals surface area contributed by atoms with Crippen molar-refractivity contribution in [3.8, 4) is 0 Å². The van der Waals surface area contributed by atoms with Crippen LogP contribution in [-0.2, 0) is 4.79 Å². The number of aromatic nitrogens is 3. The maximum absolute atomic E-state index is 12.1. The van der Waals surface area contributed by atoms with E-state index in [2.05, 4.69) is 20.5 Å². The molecule has 1 aromatic carbocycles. The number of aryl methyl sites for hydroxylation is 1. The molecule has 1 atom stereocenters. The fraction of sp³-hybridized carbons (Fsp3) is 0.312. The first-order chi connectivity index (χ1) is 11.4. The number of H-pyrrole nitrogens is 1. The number of carbonyl (C=O) groups is 1. The molecule has 126 valence electrons. The van der Waals surface area contributed by atoms with Crippen molar-refractivity contribution < 1.29 is 9.72 Å². The first-order valence-corrected chi connectivity index (χ1v) is 7.48. The lowest BCUT2D eigenvalue weighted by molar-refractivity contribution is -0.384. The standard InChI is InChI=1S/C16H19N5O3/c1-10(2)15(16-17-11(3)19-20-16)18-14(22)9-6-12-4-7-13(8-5-12)21(23)24/h4-10,15H,1-3H3,(H,18,22)(H,17,19,20)/b9-6-/t15-/m0/s1. The van der Waals surface area contributed by atoms with Gasteiger partial charge in [0.05, 0.1) is 11.0 Å². The largest absolute Gasteiger partial charge is 0.342 e. The van der Waals surface area contributed by atoms with Crippen molar-refractivity contribution >= 4 is 17.7 Å². The zero-order valence-electron chi connectivity index (χ0n) is 13.7. The Hall–Kier alpha value is -3.03. The van der Waals surface area contributed by atoms with Crippen LogP contribution in [0.15, 0.2) is 30.3 Å². The third kappa shape index (κ3) is 4.48. The number of hydrogen-bond donors (Lipinski definition) is 2. The maximum Gasteiger partial charge on any atom is 0.269 e. The predicted molar refractivity (Wildman–Crippen MR) is 89.0 cm³/mol. The number of rotatable bonds is 6. The minimum atomic E-state index is -0.466. The van der Waals surface area contributed by atoms with Crippen LogP contribution in [0.5, 0.6) is 0 Å². The van der Waals surface area contributed by atoms with Crippen molar-refractivity contribution in [2.45, 2.75) is 26.8 Å². The van der Waals surface area contributed by atoms with Crippen molar-refractivity contribution in [2.24, 2.45) is 5.92 Å². The number of nitro groups is 1. The second-order valence-electron chi connectivity index (χ2n) is 5.69. The number of nitrogens with zero attached hydrogens (tertiary/aromatic N) is 3. The molecule has 2 rings (SSSR count). The molecule has 0 saturated heterocycles. The Morgan fingerprint density at radius 2 is 2.00 bits per heavy atom. The topological polar surface area (TPSA) is 114 Å². The fourth-order valence-corrected chi connectivity index (χ4v) is 2.11. The molecule has 1 amide bonds. The number of benzene rings is 1. The molecule has 24 heavy (non-hydrogen) atoms. The molecule has 0 aliphatic rings. The quantitative estimate of drug-likeness (QED) is 0.480. The van der Waals surface area contributed by atoms with Gasteiger partial charge < -0.3 is 5.32 Å². The SMILES string of the molecule is Cc1nc([C@@H](NC(=O)/C=C\c2ccc([N+](=O)[O-])cc2)C(C)C)n[nH]1. The minimum absolute atomic E-state index is 0.0106. The summed E-state index contributed by atoms with van der Waals surface area (Å²) in [5.41, 5.74) is 0.710. The normalized spacial score (nSPS) is 12.5. The molecule has 1 aromatic heterocycles. The van der Waals surface area contributed by atoms with E-state index in [1.807, 2.05) is 13.8 Å². The highest BCUT2D eigenvalue weighted by Crippen LogP contribution is 2.18. The van der Waals surface area contributed by atoms with Crippen molar-refractivity contribution in [1.82, 2.24) is 20.5 Å². The average Bonchev–Trinajstić information content (AvgIpc) is 2.96.